The van der Waals surface area contributed by atoms with Crippen LogP contribution >= 0.6 is 0 Å². The maximum absolute atomic E-state index is 11.3. The van der Waals surface area contributed by atoms with E-state index in [2.05, 4.69) is 0 Å². The molecule has 4 nitrogen and oxygen atoms in total. The van der Waals surface area contributed by atoms with Gasteiger partial charge in [-0.25, -0.2) is 4.79 Å². The van der Waals surface area contributed by atoms with Crippen molar-refractivity contribution in [3.05, 3.63) is 11.8 Å². The number of amides is 1. The van der Waals surface area contributed by atoms with Crippen molar-refractivity contribution in [1.82, 2.24) is 4.90 Å². The molecule has 0 aromatic carbocycles. The van der Waals surface area contributed by atoms with Gasteiger partial charge in [-0.3, -0.25) is 4.79 Å². The topological polar surface area (TPSA) is 46.6 Å². The van der Waals surface area contributed by atoms with Crippen molar-refractivity contribution < 1.29 is 14.3 Å². The lowest BCUT2D eigenvalue weighted by atomic mass is 10.0. The maximum atomic E-state index is 11.3. The molecule has 1 amide bonds. The van der Waals surface area contributed by atoms with Gasteiger partial charge in [-0.05, 0) is 13.3 Å². The lowest BCUT2D eigenvalue weighted by molar-refractivity contribution is -0.150. The average Bonchev–Trinajstić information content (AvgIpc) is 2.42. The number of hydrogen-bond donors (Lipinski definition) is 0. The van der Waals surface area contributed by atoms with E-state index in [0.29, 0.717) is 18.7 Å². The third-order valence-electron chi connectivity index (χ3n) is 2.37. The van der Waals surface area contributed by atoms with Crippen LogP contribution in [-0.2, 0) is 14.3 Å². The summed E-state index contributed by atoms with van der Waals surface area (Å²) >= 11 is 0. The third-order valence-corrected chi connectivity index (χ3v) is 2.37. The van der Waals surface area contributed by atoms with Crippen LogP contribution in [0.4, 0.5) is 0 Å². The second-order valence-corrected chi connectivity index (χ2v) is 3.17. The summed E-state index contributed by atoms with van der Waals surface area (Å²) in [6.07, 6.45) is 3.15. The van der Waals surface area contributed by atoms with Crippen molar-refractivity contribution in [2.75, 3.05) is 6.61 Å². The van der Waals surface area contributed by atoms with Crippen molar-refractivity contribution in [2.45, 2.75) is 25.8 Å². The van der Waals surface area contributed by atoms with Gasteiger partial charge in [0.25, 0.3) is 0 Å². The zero-order chi connectivity index (χ0) is 9.42. The van der Waals surface area contributed by atoms with Crippen LogP contribution in [0.3, 0.4) is 0 Å². The molecule has 0 saturated carbocycles. The zero-order valence-electron chi connectivity index (χ0n) is 7.45. The van der Waals surface area contributed by atoms with Gasteiger partial charge < -0.3 is 9.64 Å². The molecular formula is C9H11NO3. The lowest BCUT2D eigenvalue weighted by Crippen LogP contribution is -2.49. The van der Waals surface area contributed by atoms with E-state index >= 15 is 0 Å². The van der Waals surface area contributed by atoms with Gasteiger partial charge >= 0.3 is 5.97 Å². The number of esters is 1. The summed E-state index contributed by atoms with van der Waals surface area (Å²) in [6.45, 7) is 2.10. The summed E-state index contributed by atoms with van der Waals surface area (Å²) in [5.41, 5.74) is 0.433. The molecular weight excluding hydrogens is 170 g/mol. The van der Waals surface area contributed by atoms with Crippen molar-refractivity contribution in [1.29, 1.82) is 0 Å². The van der Waals surface area contributed by atoms with Gasteiger partial charge in [0, 0.05) is 12.5 Å². The molecule has 0 radical (unpaired) electrons. The van der Waals surface area contributed by atoms with Gasteiger partial charge in [-0.15, -0.1) is 0 Å². The molecule has 2 heterocycles. The maximum Gasteiger partial charge on any atom is 0.354 e. The molecule has 0 aromatic rings. The van der Waals surface area contributed by atoms with Crippen LogP contribution in [0.5, 0.6) is 0 Å². The summed E-state index contributed by atoms with van der Waals surface area (Å²) in [5, 5.41) is 0. The molecule has 1 saturated heterocycles. The zero-order valence-corrected chi connectivity index (χ0v) is 7.45. The van der Waals surface area contributed by atoms with E-state index in [9.17, 15) is 9.59 Å². The SMILES string of the molecule is CCOC(=O)C1=CC[C@@H]2CC(=O)N12. The number of carbonyl (C=O) groups excluding carboxylic acids is 2. The summed E-state index contributed by atoms with van der Waals surface area (Å²) in [7, 11) is 0. The molecule has 2 aliphatic rings. The standard InChI is InChI=1S/C9H11NO3/c1-2-13-9(12)7-4-3-6-5-8(11)10(6)7/h4,6H,2-3,5H2,1H3/t6-/m1/s1. The lowest BCUT2D eigenvalue weighted by Gasteiger charge is -2.35. The molecule has 2 aliphatic heterocycles. The van der Waals surface area contributed by atoms with Gasteiger partial charge in [0.1, 0.15) is 5.70 Å². The molecule has 4 heteroatoms. The van der Waals surface area contributed by atoms with Crippen LogP contribution < -0.4 is 0 Å². The molecule has 1 atom stereocenters. The molecule has 0 aliphatic carbocycles. The number of β-lactam (4-membered cyclic amide) rings is 1. The van der Waals surface area contributed by atoms with Crippen LogP contribution in [0.15, 0.2) is 11.8 Å². The molecule has 0 spiro atoms. The number of carbonyl (C=O) groups is 2. The Bertz CT molecular complexity index is 295. The minimum atomic E-state index is -0.377. The highest BCUT2D eigenvalue weighted by Gasteiger charge is 2.44. The Morgan fingerprint density at radius 1 is 1.77 bits per heavy atom. The predicted molar refractivity (Wildman–Crippen MR) is 44.6 cm³/mol. The Morgan fingerprint density at radius 2 is 2.54 bits per heavy atom. The minimum absolute atomic E-state index is 0.0294. The first kappa shape index (κ1) is 8.29. The molecule has 0 N–H and O–H groups in total. The van der Waals surface area contributed by atoms with E-state index in [0.717, 1.165) is 6.42 Å². The number of rotatable bonds is 2. The smallest absolute Gasteiger partial charge is 0.354 e. The molecule has 1 fully saturated rings. The Kier molecular flexibility index (Phi) is 1.83. The molecule has 70 valence electrons. The normalized spacial score (nSPS) is 25.0. The second kappa shape index (κ2) is 2.87. The number of nitrogens with zero attached hydrogens (tertiary/aromatic N) is 1. The van der Waals surface area contributed by atoms with E-state index in [-0.39, 0.29) is 17.9 Å². The molecule has 13 heavy (non-hydrogen) atoms. The Balaban J connectivity index is 2.08. The number of ether oxygens (including phenoxy) is 1. The van der Waals surface area contributed by atoms with Gasteiger partial charge in [0.2, 0.25) is 5.91 Å². The largest absolute Gasteiger partial charge is 0.461 e. The Labute approximate surface area is 76.2 Å². The second-order valence-electron chi connectivity index (χ2n) is 3.17. The van der Waals surface area contributed by atoms with E-state index in [1.807, 2.05) is 0 Å². The van der Waals surface area contributed by atoms with Crippen LogP contribution in [0.25, 0.3) is 0 Å². The molecule has 0 bridgehead atoms. The first-order valence-corrected chi connectivity index (χ1v) is 4.43. The fraction of sp³-hybridized carbons (Fsp3) is 0.556. The monoisotopic (exact) mass is 181 g/mol. The Morgan fingerprint density at radius 3 is 3.15 bits per heavy atom. The average molecular weight is 181 g/mol. The first-order chi connectivity index (χ1) is 6.24. The van der Waals surface area contributed by atoms with Gasteiger partial charge in [0.15, 0.2) is 0 Å². The highest BCUT2D eigenvalue weighted by molar-refractivity contribution is 5.98. The third kappa shape index (κ3) is 1.13. The fourth-order valence-corrected chi connectivity index (χ4v) is 1.73. The summed E-state index contributed by atoms with van der Waals surface area (Å²) in [6, 6.07) is 0.229. The number of fused-ring (bicyclic) bond motifs is 1. The van der Waals surface area contributed by atoms with Crippen LogP contribution in [-0.4, -0.2) is 29.4 Å². The molecule has 0 aromatic heterocycles. The quantitative estimate of drug-likeness (QED) is 0.458. The van der Waals surface area contributed by atoms with Gasteiger partial charge in [-0.1, -0.05) is 6.08 Å². The van der Waals surface area contributed by atoms with Crippen LogP contribution in [0.1, 0.15) is 19.8 Å². The highest BCUT2D eigenvalue weighted by Crippen LogP contribution is 2.33. The van der Waals surface area contributed by atoms with Crippen molar-refractivity contribution in [3.8, 4) is 0 Å². The van der Waals surface area contributed by atoms with Crippen LogP contribution in [0, 0.1) is 0 Å². The van der Waals surface area contributed by atoms with Crippen molar-refractivity contribution in [3.63, 3.8) is 0 Å². The summed E-state index contributed by atoms with van der Waals surface area (Å²) in [5.74, 6) is -0.347. The van der Waals surface area contributed by atoms with Crippen molar-refractivity contribution >= 4 is 11.9 Å². The first-order valence-electron chi connectivity index (χ1n) is 4.43. The minimum Gasteiger partial charge on any atom is -0.461 e. The van der Waals surface area contributed by atoms with Gasteiger partial charge in [-0.2, -0.15) is 0 Å². The van der Waals surface area contributed by atoms with E-state index in [1.54, 1.807) is 13.0 Å². The van der Waals surface area contributed by atoms with Crippen LogP contribution in [0.2, 0.25) is 0 Å². The summed E-state index contributed by atoms with van der Waals surface area (Å²) in [4.78, 5) is 23.9. The van der Waals surface area contributed by atoms with E-state index in [1.165, 1.54) is 4.90 Å². The Hall–Kier alpha value is -1.32. The highest BCUT2D eigenvalue weighted by atomic mass is 16.5. The van der Waals surface area contributed by atoms with Gasteiger partial charge in [0.05, 0.1) is 6.61 Å². The molecule has 0 unspecified atom stereocenters. The van der Waals surface area contributed by atoms with E-state index in [4.69, 9.17) is 4.74 Å². The van der Waals surface area contributed by atoms with Crippen molar-refractivity contribution in [2.24, 2.45) is 0 Å². The molecule has 2 rings (SSSR count). The van der Waals surface area contributed by atoms with E-state index < -0.39 is 0 Å². The predicted octanol–water partition coefficient (Wildman–Crippen LogP) is 0.438. The number of hydrogen-bond acceptors (Lipinski definition) is 3. The summed E-state index contributed by atoms with van der Waals surface area (Å²) < 4.78 is 4.83. The fourth-order valence-electron chi connectivity index (χ4n) is 1.73.